The highest BCUT2D eigenvalue weighted by Crippen LogP contribution is 2.21. The van der Waals surface area contributed by atoms with Crippen molar-refractivity contribution >= 4 is 0 Å². The van der Waals surface area contributed by atoms with E-state index in [0.717, 1.165) is 25.9 Å². The summed E-state index contributed by atoms with van der Waals surface area (Å²) in [6.45, 7) is 1.99. The van der Waals surface area contributed by atoms with Crippen LogP contribution in [-0.2, 0) is 4.74 Å². The second kappa shape index (κ2) is 5.31. The summed E-state index contributed by atoms with van der Waals surface area (Å²) >= 11 is 0. The molecule has 0 aromatic heterocycles. The maximum absolute atomic E-state index is 10.7. The third-order valence-corrected chi connectivity index (χ3v) is 3.03. The molecule has 1 unspecified atom stereocenters. The molecule has 1 aliphatic carbocycles. The Bertz CT molecular complexity index is 363. The molecule has 0 N–H and O–H groups in total. The van der Waals surface area contributed by atoms with Crippen LogP contribution in [0.5, 0.6) is 0 Å². The van der Waals surface area contributed by atoms with E-state index >= 15 is 0 Å². The van der Waals surface area contributed by atoms with Crippen LogP contribution in [0, 0.1) is 16.5 Å². The van der Waals surface area contributed by atoms with Crippen LogP contribution in [0.15, 0.2) is 23.6 Å². The fraction of sp³-hybridized carbons (Fsp3) is 0.583. The third kappa shape index (κ3) is 3.30. The largest absolute Gasteiger partial charge is 0.489 e. The Hall–Kier alpha value is -1.36. The summed E-state index contributed by atoms with van der Waals surface area (Å²) in [5.74, 6) is 0.638. The van der Waals surface area contributed by atoms with Gasteiger partial charge in [-0.1, -0.05) is 0 Å². The minimum atomic E-state index is -0.372. The zero-order valence-electron chi connectivity index (χ0n) is 9.96. The number of rotatable bonds is 3. The van der Waals surface area contributed by atoms with Crippen molar-refractivity contribution in [2.45, 2.75) is 25.4 Å². The van der Waals surface area contributed by atoms with Gasteiger partial charge in [0.05, 0.1) is 17.4 Å². The molecule has 0 bridgehead atoms. The van der Waals surface area contributed by atoms with Crippen LogP contribution in [-0.4, -0.2) is 36.1 Å². The van der Waals surface area contributed by atoms with Crippen molar-refractivity contribution in [2.24, 2.45) is 0 Å². The average molecular weight is 237 g/mol. The molecule has 1 saturated heterocycles. The molecule has 0 amide bonds. The van der Waals surface area contributed by atoms with Crippen molar-refractivity contribution in [3.63, 3.8) is 0 Å². The van der Waals surface area contributed by atoms with E-state index in [9.17, 15) is 10.1 Å². The number of ether oxygens (including phenoxy) is 1. The molecular weight excluding hydrogens is 220 g/mol. The SMILES string of the molecule is CN1CCCC(OC2=CC[CH]C([N+](=O)[O-])=C2)C1. The lowest BCUT2D eigenvalue weighted by molar-refractivity contribution is -0.422. The molecule has 2 aliphatic rings. The average Bonchev–Trinajstić information content (AvgIpc) is 2.29. The summed E-state index contributed by atoms with van der Waals surface area (Å²) in [6.07, 6.45) is 7.87. The van der Waals surface area contributed by atoms with E-state index in [1.165, 1.54) is 6.08 Å². The highest BCUT2D eigenvalue weighted by Gasteiger charge is 2.22. The summed E-state index contributed by atoms with van der Waals surface area (Å²) in [5, 5.41) is 10.7. The molecule has 1 fully saturated rings. The minimum absolute atomic E-state index is 0.131. The van der Waals surface area contributed by atoms with Gasteiger partial charge < -0.3 is 9.64 Å². The second-order valence-corrected chi connectivity index (χ2v) is 4.52. The van der Waals surface area contributed by atoms with Crippen LogP contribution in [0.25, 0.3) is 0 Å². The van der Waals surface area contributed by atoms with Gasteiger partial charge in [-0.15, -0.1) is 0 Å². The Balaban J connectivity index is 1.94. The van der Waals surface area contributed by atoms with Crippen molar-refractivity contribution < 1.29 is 9.66 Å². The summed E-state index contributed by atoms with van der Waals surface area (Å²) in [5.41, 5.74) is 0.131. The first-order chi connectivity index (χ1) is 8.15. The lowest BCUT2D eigenvalue weighted by Crippen LogP contribution is -2.36. The van der Waals surface area contributed by atoms with Gasteiger partial charge in [-0.05, 0) is 38.9 Å². The monoisotopic (exact) mass is 237 g/mol. The number of likely N-dealkylation sites (tertiary alicyclic amines) is 1. The van der Waals surface area contributed by atoms with Gasteiger partial charge >= 0.3 is 0 Å². The Labute approximate surface area is 101 Å². The molecule has 93 valence electrons. The molecule has 1 aliphatic heterocycles. The number of hydrogen-bond donors (Lipinski definition) is 0. The molecular formula is C12H17N2O3. The predicted molar refractivity (Wildman–Crippen MR) is 63.7 cm³/mol. The standard InChI is InChI=1S/C12H17N2O3/c1-13-7-3-6-12(9-13)17-11-5-2-4-10(8-11)14(15)16/h4-5,8,12H,2-3,6-7,9H2,1H3. The van der Waals surface area contributed by atoms with E-state index in [4.69, 9.17) is 4.74 Å². The molecule has 0 aromatic rings. The smallest absolute Gasteiger partial charge is 0.254 e. The van der Waals surface area contributed by atoms with Gasteiger partial charge in [0.2, 0.25) is 0 Å². The highest BCUT2D eigenvalue weighted by atomic mass is 16.6. The van der Waals surface area contributed by atoms with E-state index in [1.807, 2.05) is 6.08 Å². The molecule has 0 spiro atoms. The van der Waals surface area contributed by atoms with Gasteiger partial charge in [0.15, 0.2) is 0 Å². The lowest BCUT2D eigenvalue weighted by Gasteiger charge is -2.30. The molecule has 2 rings (SSSR count). The molecule has 1 heterocycles. The van der Waals surface area contributed by atoms with Crippen molar-refractivity contribution in [2.75, 3.05) is 20.1 Å². The van der Waals surface area contributed by atoms with Crippen molar-refractivity contribution in [1.82, 2.24) is 4.90 Å². The predicted octanol–water partition coefficient (Wildman–Crippen LogP) is 1.75. The van der Waals surface area contributed by atoms with E-state index < -0.39 is 0 Å². The third-order valence-electron chi connectivity index (χ3n) is 3.03. The van der Waals surface area contributed by atoms with E-state index in [2.05, 4.69) is 11.9 Å². The van der Waals surface area contributed by atoms with Gasteiger partial charge in [-0.25, -0.2) is 0 Å². The molecule has 1 atom stereocenters. The number of piperidine rings is 1. The van der Waals surface area contributed by atoms with Gasteiger partial charge in [0, 0.05) is 6.54 Å². The first-order valence-corrected chi connectivity index (χ1v) is 5.90. The van der Waals surface area contributed by atoms with Crippen LogP contribution in [0.3, 0.4) is 0 Å². The second-order valence-electron chi connectivity index (χ2n) is 4.52. The fourth-order valence-corrected chi connectivity index (χ4v) is 2.18. The fourth-order valence-electron chi connectivity index (χ4n) is 2.18. The maximum Gasteiger partial charge on any atom is 0.254 e. The Morgan fingerprint density at radius 3 is 3.12 bits per heavy atom. The first kappa shape index (κ1) is 12.1. The topological polar surface area (TPSA) is 55.6 Å². The van der Waals surface area contributed by atoms with Gasteiger partial charge in [0.1, 0.15) is 11.9 Å². The summed E-state index contributed by atoms with van der Waals surface area (Å²) in [7, 11) is 2.07. The normalized spacial score (nSPS) is 26.1. The maximum atomic E-state index is 10.7. The number of nitro groups is 1. The van der Waals surface area contributed by atoms with Gasteiger partial charge in [-0.2, -0.15) is 0 Å². The molecule has 1 radical (unpaired) electrons. The van der Waals surface area contributed by atoms with Crippen LogP contribution in [0.4, 0.5) is 0 Å². The summed E-state index contributed by atoms with van der Waals surface area (Å²) in [4.78, 5) is 12.5. The zero-order valence-corrected chi connectivity index (χ0v) is 9.96. The first-order valence-electron chi connectivity index (χ1n) is 5.90. The van der Waals surface area contributed by atoms with Gasteiger partial charge in [0.25, 0.3) is 5.70 Å². The lowest BCUT2D eigenvalue weighted by atomic mass is 10.1. The van der Waals surface area contributed by atoms with Crippen molar-refractivity contribution in [3.05, 3.63) is 40.1 Å². The Morgan fingerprint density at radius 2 is 2.41 bits per heavy atom. The van der Waals surface area contributed by atoms with Crippen LogP contribution in [0.2, 0.25) is 0 Å². The van der Waals surface area contributed by atoms with Crippen molar-refractivity contribution in [1.29, 1.82) is 0 Å². The van der Waals surface area contributed by atoms with Gasteiger partial charge in [-0.3, -0.25) is 10.1 Å². The summed E-state index contributed by atoms with van der Waals surface area (Å²) < 4.78 is 5.80. The molecule has 5 nitrogen and oxygen atoms in total. The number of hydrogen-bond acceptors (Lipinski definition) is 4. The quantitative estimate of drug-likeness (QED) is 0.554. The minimum Gasteiger partial charge on any atom is -0.489 e. The molecule has 5 heteroatoms. The highest BCUT2D eigenvalue weighted by molar-refractivity contribution is 5.26. The van der Waals surface area contributed by atoms with Crippen LogP contribution in [0.1, 0.15) is 19.3 Å². The molecule has 0 aromatic carbocycles. The van der Waals surface area contributed by atoms with Crippen LogP contribution < -0.4 is 0 Å². The van der Waals surface area contributed by atoms with E-state index in [-0.39, 0.29) is 16.7 Å². The number of likely N-dealkylation sites (N-methyl/N-ethyl adjacent to an activating group) is 1. The number of nitrogens with zero attached hydrogens (tertiary/aromatic N) is 2. The van der Waals surface area contributed by atoms with E-state index in [0.29, 0.717) is 12.2 Å². The zero-order chi connectivity index (χ0) is 12.3. The number of allylic oxidation sites excluding steroid dienone is 3. The Morgan fingerprint density at radius 1 is 1.59 bits per heavy atom. The summed E-state index contributed by atoms with van der Waals surface area (Å²) in [6, 6.07) is 0. The Kier molecular flexibility index (Phi) is 3.78. The molecule has 17 heavy (non-hydrogen) atoms. The molecule has 0 saturated carbocycles. The van der Waals surface area contributed by atoms with Crippen molar-refractivity contribution in [3.8, 4) is 0 Å². The van der Waals surface area contributed by atoms with E-state index in [1.54, 1.807) is 6.42 Å². The van der Waals surface area contributed by atoms with Crippen LogP contribution >= 0.6 is 0 Å².